The quantitative estimate of drug-likeness (QED) is 0.752. The molecule has 1 aliphatic rings. The molecule has 1 unspecified atom stereocenters. The maximum atomic E-state index is 13.5. The van der Waals surface area contributed by atoms with E-state index in [-0.39, 0.29) is 29.8 Å². The molecule has 0 radical (unpaired) electrons. The summed E-state index contributed by atoms with van der Waals surface area (Å²) in [6.45, 7) is 1.13. The smallest absolute Gasteiger partial charge is 0.247 e. The lowest BCUT2D eigenvalue weighted by atomic mass is 10.2. The van der Waals surface area contributed by atoms with E-state index in [4.69, 9.17) is 15.2 Å². The third-order valence-corrected chi connectivity index (χ3v) is 5.61. The minimum Gasteiger partial charge on any atom is -0.490 e. The number of halogens is 1. The van der Waals surface area contributed by atoms with Crippen LogP contribution in [-0.2, 0) is 14.8 Å². The highest BCUT2D eigenvalue weighted by atomic mass is 32.2. The van der Waals surface area contributed by atoms with Gasteiger partial charge < -0.3 is 15.2 Å². The molecule has 1 atom stereocenters. The Labute approximate surface area is 130 Å². The Morgan fingerprint density at radius 2 is 2.18 bits per heavy atom. The van der Waals surface area contributed by atoms with Crippen molar-refractivity contribution < 1.29 is 22.3 Å². The fourth-order valence-corrected chi connectivity index (χ4v) is 4.37. The lowest BCUT2D eigenvalue weighted by Crippen LogP contribution is -2.40. The zero-order valence-electron chi connectivity index (χ0n) is 12.5. The monoisotopic (exact) mass is 332 g/mol. The van der Waals surface area contributed by atoms with E-state index in [1.54, 1.807) is 0 Å². The van der Waals surface area contributed by atoms with E-state index in [1.807, 2.05) is 0 Å². The van der Waals surface area contributed by atoms with Crippen LogP contribution < -0.4 is 10.5 Å². The Morgan fingerprint density at radius 3 is 2.86 bits per heavy atom. The Kier molecular flexibility index (Phi) is 5.74. The molecule has 1 heterocycles. The predicted molar refractivity (Wildman–Crippen MR) is 79.7 cm³/mol. The average molecular weight is 332 g/mol. The number of methoxy groups -OCH3 is 1. The molecule has 1 aromatic rings. The molecule has 2 rings (SSSR count). The van der Waals surface area contributed by atoms with Crippen LogP contribution in [0.25, 0.3) is 0 Å². The Morgan fingerprint density at radius 1 is 1.41 bits per heavy atom. The number of rotatable bonds is 7. The van der Waals surface area contributed by atoms with Gasteiger partial charge in [-0.2, -0.15) is 4.31 Å². The fourth-order valence-electron chi connectivity index (χ4n) is 2.53. The zero-order valence-corrected chi connectivity index (χ0v) is 13.3. The van der Waals surface area contributed by atoms with Crippen LogP contribution in [0.3, 0.4) is 0 Å². The van der Waals surface area contributed by atoms with Gasteiger partial charge in [-0.15, -0.1) is 0 Å². The first-order chi connectivity index (χ1) is 10.5. The number of hydrogen-bond donors (Lipinski definition) is 1. The Balaban J connectivity index is 2.34. The van der Waals surface area contributed by atoms with Crippen LogP contribution in [-0.4, -0.2) is 52.2 Å². The molecule has 1 aromatic carbocycles. The summed E-state index contributed by atoms with van der Waals surface area (Å²) in [7, 11) is -2.33. The highest BCUT2D eigenvalue weighted by molar-refractivity contribution is 7.89. The molecule has 6 nitrogen and oxygen atoms in total. The number of nitrogens with two attached hydrogens (primary N) is 1. The van der Waals surface area contributed by atoms with Crippen molar-refractivity contribution in [2.75, 3.05) is 33.4 Å². The van der Waals surface area contributed by atoms with E-state index in [0.717, 1.165) is 12.5 Å². The number of sulfonamides is 1. The molecule has 1 saturated heterocycles. The molecule has 0 amide bonds. The molecule has 0 spiro atoms. The molecule has 124 valence electrons. The second kappa shape index (κ2) is 7.36. The first kappa shape index (κ1) is 17.1. The number of ether oxygens (including phenoxy) is 2. The molecule has 0 aromatic heterocycles. The Hall–Kier alpha value is -1.22. The Bertz CT molecular complexity index is 609. The maximum Gasteiger partial charge on any atom is 0.247 e. The van der Waals surface area contributed by atoms with Crippen molar-refractivity contribution in [1.82, 2.24) is 4.31 Å². The van der Waals surface area contributed by atoms with Crippen LogP contribution in [0.2, 0.25) is 0 Å². The van der Waals surface area contributed by atoms with Crippen LogP contribution in [0.15, 0.2) is 23.1 Å². The normalized spacial score (nSPS) is 19.5. The van der Waals surface area contributed by atoms with Crippen molar-refractivity contribution in [3.8, 4) is 5.75 Å². The zero-order chi connectivity index (χ0) is 16.2. The van der Waals surface area contributed by atoms with E-state index in [0.29, 0.717) is 19.6 Å². The largest absolute Gasteiger partial charge is 0.490 e. The van der Waals surface area contributed by atoms with Crippen LogP contribution in [0, 0.1) is 5.82 Å². The maximum absolute atomic E-state index is 13.5. The van der Waals surface area contributed by atoms with Crippen LogP contribution in [0.5, 0.6) is 5.75 Å². The predicted octanol–water partition coefficient (Wildman–Crippen LogP) is 0.963. The highest BCUT2D eigenvalue weighted by Crippen LogP contribution is 2.31. The van der Waals surface area contributed by atoms with E-state index >= 15 is 0 Å². The molecule has 22 heavy (non-hydrogen) atoms. The van der Waals surface area contributed by atoms with Gasteiger partial charge >= 0.3 is 0 Å². The molecule has 0 aliphatic carbocycles. The number of nitrogens with zero attached hydrogens (tertiary/aromatic N) is 1. The molecule has 1 aliphatic heterocycles. The van der Waals surface area contributed by atoms with Crippen molar-refractivity contribution in [3.05, 3.63) is 24.0 Å². The third kappa shape index (κ3) is 3.57. The lowest BCUT2D eigenvalue weighted by molar-refractivity contribution is 0.144. The van der Waals surface area contributed by atoms with Crippen LogP contribution in [0.4, 0.5) is 4.39 Å². The second-order valence-corrected chi connectivity index (χ2v) is 6.94. The first-order valence-corrected chi connectivity index (χ1v) is 8.58. The molecular formula is C14H21FN2O4S. The lowest BCUT2D eigenvalue weighted by Gasteiger charge is -2.24. The summed E-state index contributed by atoms with van der Waals surface area (Å²) in [5, 5.41) is 0. The molecule has 0 bridgehead atoms. The minimum absolute atomic E-state index is 0.126. The van der Waals surface area contributed by atoms with Crippen LogP contribution in [0.1, 0.15) is 12.8 Å². The van der Waals surface area contributed by atoms with E-state index in [9.17, 15) is 12.8 Å². The van der Waals surface area contributed by atoms with Crippen molar-refractivity contribution >= 4 is 10.0 Å². The van der Waals surface area contributed by atoms with Gasteiger partial charge in [0.2, 0.25) is 10.0 Å². The summed E-state index contributed by atoms with van der Waals surface area (Å²) in [4.78, 5) is -0.163. The first-order valence-electron chi connectivity index (χ1n) is 7.14. The summed E-state index contributed by atoms with van der Waals surface area (Å²) in [6.07, 6.45) is 1.46. The van der Waals surface area contributed by atoms with Gasteiger partial charge in [0, 0.05) is 26.2 Å². The van der Waals surface area contributed by atoms with Gasteiger partial charge in [0.15, 0.2) is 0 Å². The summed E-state index contributed by atoms with van der Waals surface area (Å²) < 4.78 is 50.8. The summed E-state index contributed by atoms with van der Waals surface area (Å²) in [6, 6.07) is 3.24. The van der Waals surface area contributed by atoms with Gasteiger partial charge in [0.05, 0.1) is 6.61 Å². The van der Waals surface area contributed by atoms with Crippen molar-refractivity contribution in [2.24, 2.45) is 5.73 Å². The molecule has 1 fully saturated rings. The van der Waals surface area contributed by atoms with Gasteiger partial charge in [0.1, 0.15) is 23.1 Å². The van der Waals surface area contributed by atoms with Crippen molar-refractivity contribution in [3.63, 3.8) is 0 Å². The SMILES string of the molecule is COCCOc1ccc(F)cc1S(=O)(=O)N1CCCC1CN. The molecule has 8 heteroatoms. The third-order valence-electron chi connectivity index (χ3n) is 3.63. The van der Waals surface area contributed by atoms with Gasteiger partial charge in [-0.1, -0.05) is 0 Å². The molecule has 0 saturated carbocycles. The topological polar surface area (TPSA) is 81.9 Å². The summed E-state index contributed by atoms with van der Waals surface area (Å²) in [5.74, 6) is -0.498. The standard InChI is InChI=1S/C14H21FN2O4S/c1-20-7-8-21-13-5-4-11(15)9-14(13)22(18,19)17-6-2-3-12(17)10-16/h4-5,9,12H,2-3,6-8,10,16H2,1H3. The number of hydrogen-bond acceptors (Lipinski definition) is 5. The average Bonchev–Trinajstić information content (AvgIpc) is 2.98. The number of benzene rings is 1. The minimum atomic E-state index is -3.84. The van der Waals surface area contributed by atoms with Crippen molar-refractivity contribution in [1.29, 1.82) is 0 Å². The van der Waals surface area contributed by atoms with Gasteiger partial charge in [-0.25, -0.2) is 12.8 Å². The molecular weight excluding hydrogens is 311 g/mol. The highest BCUT2D eigenvalue weighted by Gasteiger charge is 2.36. The van der Waals surface area contributed by atoms with Gasteiger partial charge in [-0.3, -0.25) is 0 Å². The summed E-state index contributed by atoms with van der Waals surface area (Å²) in [5.41, 5.74) is 5.64. The second-order valence-electron chi connectivity index (χ2n) is 5.08. The fraction of sp³-hybridized carbons (Fsp3) is 0.571. The van der Waals surface area contributed by atoms with Crippen molar-refractivity contribution in [2.45, 2.75) is 23.8 Å². The van der Waals surface area contributed by atoms with E-state index in [1.165, 1.54) is 23.5 Å². The van der Waals surface area contributed by atoms with Gasteiger partial charge in [0.25, 0.3) is 0 Å². The summed E-state index contributed by atoms with van der Waals surface area (Å²) >= 11 is 0. The van der Waals surface area contributed by atoms with E-state index in [2.05, 4.69) is 0 Å². The van der Waals surface area contributed by atoms with E-state index < -0.39 is 15.8 Å². The van der Waals surface area contributed by atoms with Gasteiger partial charge in [-0.05, 0) is 31.0 Å². The van der Waals surface area contributed by atoms with Crippen LogP contribution >= 0.6 is 0 Å². The molecule has 2 N–H and O–H groups in total.